The summed E-state index contributed by atoms with van der Waals surface area (Å²) in [4.78, 5) is 2.36. The predicted molar refractivity (Wildman–Crippen MR) is 83.7 cm³/mol. The van der Waals surface area contributed by atoms with E-state index in [0.29, 0.717) is 19.7 Å². The van der Waals surface area contributed by atoms with E-state index in [9.17, 15) is 8.42 Å². The van der Waals surface area contributed by atoms with Crippen LogP contribution in [0.15, 0.2) is 0 Å². The Balaban J connectivity index is 1.80. The molecule has 2 saturated heterocycles. The lowest BCUT2D eigenvalue weighted by atomic mass is 10.3. The summed E-state index contributed by atoms with van der Waals surface area (Å²) >= 11 is 0. The first-order chi connectivity index (χ1) is 10.1. The van der Waals surface area contributed by atoms with Crippen molar-refractivity contribution in [2.24, 2.45) is 5.73 Å². The highest BCUT2D eigenvalue weighted by atomic mass is 32.2. The second-order valence-electron chi connectivity index (χ2n) is 6.00. The molecule has 2 aliphatic heterocycles. The van der Waals surface area contributed by atoms with Gasteiger partial charge >= 0.3 is 0 Å². The minimum atomic E-state index is -3.18. The SMILES string of the molecule is NCCCCN1CCCN(S(=O)(=O)CC2CCCO2)CC1. The molecule has 0 radical (unpaired) electrons. The Morgan fingerprint density at radius 1 is 1.10 bits per heavy atom. The summed E-state index contributed by atoms with van der Waals surface area (Å²) in [5, 5.41) is 0. The van der Waals surface area contributed by atoms with Gasteiger partial charge in [0.2, 0.25) is 10.0 Å². The third-order valence-electron chi connectivity index (χ3n) is 4.29. The Morgan fingerprint density at radius 3 is 2.67 bits per heavy atom. The molecule has 1 atom stereocenters. The van der Waals surface area contributed by atoms with Gasteiger partial charge in [0.25, 0.3) is 0 Å². The molecule has 0 saturated carbocycles. The van der Waals surface area contributed by atoms with Crippen LogP contribution in [0.3, 0.4) is 0 Å². The smallest absolute Gasteiger partial charge is 0.216 e. The monoisotopic (exact) mass is 319 g/mol. The lowest BCUT2D eigenvalue weighted by molar-refractivity contribution is 0.126. The van der Waals surface area contributed by atoms with E-state index in [4.69, 9.17) is 10.5 Å². The first-order valence-corrected chi connectivity index (χ1v) is 9.74. The zero-order valence-corrected chi connectivity index (χ0v) is 13.7. The van der Waals surface area contributed by atoms with Crippen LogP contribution in [-0.2, 0) is 14.8 Å². The lowest BCUT2D eigenvalue weighted by Crippen LogP contribution is -2.39. The summed E-state index contributed by atoms with van der Waals surface area (Å²) in [6.45, 7) is 5.52. The summed E-state index contributed by atoms with van der Waals surface area (Å²) in [7, 11) is -3.18. The van der Waals surface area contributed by atoms with Crippen LogP contribution in [0, 0.1) is 0 Å². The molecule has 0 aromatic rings. The Morgan fingerprint density at radius 2 is 1.95 bits per heavy atom. The molecular formula is C14H29N3O3S. The number of sulfonamides is 1. The van der Waals surface area contributed by atoms with Gasteiger partial charge in [-0.15, -0.1) is 0 Å². The van der Waals surface area contributed by atoms with Gasteiger partial charge in [-0.1, -0.05) is 0 Å². The second kappa shape index (κ2) is 8.43. The number of ether oxygens (including phenoxy) is 1. The largest absolute Gasteiger partial charge is 0.377 e. The van der Waals surface area contributed by atoms with Crippen molar-refractivity contribution in [3.63, 3.8) is 0 Å². The van der Waals surface area contributed by atoms with E-state index in [1.54, 1.807) is 4.31 Å². The van der Waals surface area contributed by atoms with Crippen molar-refractivity contribution in [2.75, 3.05) is 51.6 Å². The van der Waals surface area contributed by atoms with Gasteiger partial charge in [-0.05, 0) is 51.7 Å². The predicted octanol–water partition coefficient (Wildman–Crippen LogP) is 0.242. The molecule has 0 aromatic carbocycles. The number of unbranched alkanes of at least 4 members (excludes halogenated alkanes) is 1. The molecule has 0 spiro atoms. The number of nitrogens with zero attached hydrogens (tertiary/aromatic N) is 2. The number of hydrogen-bond acceptors (Lipinski definition) is 5. The molecule has 6 nitrogen and oxygen atoms in total. The molecule has 2 heterocycles. The van der Waals surface area contributed by atoms with Gasteiger partial charge in [0.1, 0.15) is 0 Å². The summed E-state index contributed by atoms with van der Waals surface area (Å²) in [6, 6.07) is 0. The van der Waals surface area contributed by atoms with Gasteiger partial charge < -0.3 is 15.4 Å². The maximum atomic E-state index is 12.5. The Kier molecular flexibility index (Phi) is 6.88. The number of rotatable bonds is 7. The average molecular weight is 319 g/mol. The fraction of sp³-hybridized carbons (Fsp3) is 1.00. The zero-order valence-electron chi connectivity index (χ0n) is 12.9. The maximum Gasteiger partial charge on any atom is 0.216 e. The summed E-state index contributed by atoms with van der Waals surface area (Å²) < 4.78 is 32.1. The molecule has 2 aliphatic rings. The Labute approximate surface area is 128 Å². The number of hydrogen-bond donors (Lipinski definition) is 1. The molecule has 0 amide bonds. The van der Waals surface area contributed by atoms with Crippen molar-refractivity contribution in [3.05, 3.63) is 0 Å². The molecular weight excluding hydrogens is 290 g/mol. The van der Waals surface area contributed by atoms with Crippen molar-refractivity contribution >= 4 is 10.0 Å². The highest BCUT2D eigenvalue weighted by Crippen LogP contribution is 2.17. The van der Waals surface area contributed by atoms with Crippen LogP contribution in [0.5, 0.6) is 0 Å². The fourth-order valence-corrected chi connectivity index (χ4v) is 4.76. The fourth-order valence-electron chi connectivity index (χ4n) is 3.04. The van der Waals surface area contributed by atoms with E-state index >= 15 is 0 Å². The molecule has 21 heavy (non-hydrogen) atoms. The first-order valence-electron chi connectivity index (χ1n) is 8.13. The lowest BCUT2D eigenvalue weighted by Gasteiger charge is -2.22. The van der Waals surface area contributed by atoms with E-state index in [1.807, 2.05) is 0 Å². The zero-order chi connectivity index (χ0) is 15.1. The topological polar surface area (TPSA) is 75.9 Å². The van der Waals surface area contributed by atoms with E-state index in [1.165, 1.54) is 0 Å². The molecule has 1 unspecified atom stereocenters. The van der Waals surface area contributed by atoms with E-state index in [0.717, 1.165) is 58.3 Å². The highest BCUT2D eigenvalue weighted by Gasteiger charge is 2.29. The minimum Gasteiger partial charge on any atom is -0.377 e. The molecule has 2 N–H and O–H groups in total. The van der Waals surface area contributed by atoms with Gasteiger partial charge in [0.05, 0.1) is 11.9 Å². The quantitative estimate of drug-likeness (QED) is 0.681. The first kappa shape index (κ1) is 17.1. The van der Waals surface area contributed by atoms with Crippen molar-refractivity contribution < 1.29 is 13.2 Å². The van der Waals surface area contributed by atoms with E-state index in [-0.39, 0.29) is 11.9 Å². The van der Waals surface area contributed by atoms with Crippen LogP contribution < -0.4 is 5.73 Å². The van der Waals surface area contributed by atoms with E-state index < -0.39 is 10.0 Å². The standard InChI is InChI=1S/C14H29N3O3S/c15-6-1-2-7-16-8-4-9-17(11-10-16)21(18,19)13-14-5-3-12-20-14/h14H,1-13,15H2. The van der Waals surface area contributed by atoms with Gasteiger partial charge in [0.15, 0.2) is 0 Å². The Hall–Kier alpha value is -0.210. The Bertz CT molecular complexity index is 396. The van der Waals surface area contributed by atoms with Crippen LogP contribution in [0.25, 0.3) is 0 Å². The van der Waals surface area contributed by atoms with Crippen LogP contribution in [0.2, 0.25) is 0 Å². The van der Waals surface area contributed by atoms with Crippen LogP contribution in [0.1, 0.15) is 32.1 Å². The van der Waals surface area contributed by atoms with E-state index in [2.05, 4.69) is 4.90 Å². The molecule has 124 valence electrons. The van der Waals surface area contributed by atoms with Crippen molar-refractivity contribution in [2.45, 2.75) is 38.2 Å². The minimum absolute atomic E-state index is 0.0982. The van der Waals surface area contributed by atoms with Crippen LogP contribution in [0.4, 0.5) is 0 Å². The number of nitrogens with two attached hydrogens (primary N) is 1. The van der Waals surface area contributed by atoms with Crippen molar-refractivity contribution in [1.29, 1.82) is 0 Å². The van der Waals surface area contributed by atoms with Gasteiger partial charge in [-0.25, -0.2) is 12.7 Å². The second-order valence-corrected chi connectivity index (χ2v) is 8.02. The molecule has 0 aromatic heterocycles. The molecule has 7 heteroatoms. The van der Waals surface area contributed by atoms with Crippen molar-refractivity contribution in [1.82, 2.24) is 9.21 Å². The third-order valence-corrected chi connectivity index (χ3v) is 6.23. The summed E-state index contributed by atoms with van der Waals surface area (Å²) in [5.41, 5.74) is 5.51. The molecule has 0 bridgehead atoms. The molecule has 2 fully saturated rings. The van der Waals surface area contributed by atoms with Crippen molar-refractivity contribution in [3.8, 4) is 0 Å². The maximum absolute atomic E-state index is 12.5. The van der Waals surface area contributed by atoms with Gasteiger partial charge in [-0.3, -0.25) is 0 Å². The highest BCUT2D eigenvalue weighted by molar-refractivity contribution is 7.89. The van der Waals surface area contributed by atoms with Gasteiger partial charge in [0, 0.05) is 26.2 Å². The third kappa shape index (κ3) is 5.49. The summed E-state index contributed by atoms with van der Waals surface area (Å²) in [6.07, 6.45) is 4.80. The molecule has 0 aliphatic carbocycles. The summed E-state index contributed by atoms with van der Waals surface area (Å²) in [5.74, 6) is 0.153. The van der Waals surface area contributed by atoms with Crippen LogP contribution >= 0.6 is 0 Å². The van der Waals surface area contributed by atoms with Gasteiger partial charge in [-0.2, -0.15) is 0 Å². The van der Waals surface area contributed by atoms with Crippen LogP contribution in [-0.4, -0.2) is 75.4 Å². The normalized spacial score (nSPS) is 26.0. The average Bonchev–Trinajstić information content (AvgIpc) is 2.81. The molecule has 2 rings (SSSR count).